The van der Waals surface area contributed by atoms with Gasteiger partial charge in [0.2, 0.25) is 11.8 Å². The van der Waals surface area contributed by atoms with E-state index in [1.807, 2.05) is 6.07 Å². The van der Waals surface area contributed by atoms with Crippen LogP contribution < -0.4 is 10.6 Å². The van der Waals surface area contributed by atoms with Crippen molar-refractivity contribution in [2.75, 3.05) is 19.6 Å². The number of hydrogen-bond donors (Lipinski definition) is 2. The number of carbonyl (C=O) groups excluding carboxylic acids is 3. The van der Waals surface area contributed by atoms with E-state index in [1.54, 1.807) is 29.2 Å². The van der Waals surface area contributed by atoms with E-state index in [4.69, 9.17) is 0 Å². The number of nitrogens with zero attached hydrogens (tertiary/aromatic N) is 1. The van der Waals surface area contributed by atoms with Crippen molar-refractivity contribution in [1.82, 2.24) is 15.5 Å². The maximum absolute atomic E-state index is 12.6. The lowest BCUT2D eigenvalue weighted by molar-refractivity contribution is -0.135. The molecule has 0 radical (unpaired) electrons. The third-order valence-corrected chi connectivity index (χ3v) is 5.53. The number of likely N-dealkylation sites (tertiary alicyclic amines) is 1. The van der Waals surface area contributed by atoms with Crippen molar-refractivity contribution in [3.05, 3.63) is 35.9 Å². The van der Waals surface area contributed by atoms with Gasteiger partial charge >= 0.3 is 0 Å². The minimum absolute atomic E-state index is 0.0370. The minimum atomic E-state index is -0.257. The largest absolute Gasteiger partial charge is 0.353 e. The van der Waals surface area contributed by atoms with Crippen molar-refractivity contribution < 1.29 is 14.4 Å². The highest BCUT2D eigenvalue weighted by Crippen LogP contribution is 2.20. The summed E-state index contributed by atoms with van der Waals surface area (Å²) in [5.74, 6) is -0.454. The molecule has 3 amide bonds. The average molecular weight is 371 g/mol. The van der Waals surface area contributed by atoms with Crippen LogP contribution in [0.3, 0.4) is 0 Å². The van der Waals surface area contributed by atoms with Crippen LogP contribution in [0.5, 0.6) is 0 Å². The van der Waals surface area contributed by atoms with Crippen LogP contribution in [0.15, 0.2) is 30.3 Å². The number of benzene rings is 1. The lowest BCUT2D eigenvalue weighted by Gasteiger charge is -2.33. The molecule has 0 aromatic heterocycles. The molecule has 2 fully saturated rings. The molecule has 27 heavy (non-hydrogen) atoms. The van der Waals surface area contributed by atoms with Gasteiger partial charge in [0.05, 0.1) is 12.5 Å². The third-order valence-electron chi connectivity index (χ3n) is 5.53. The molecule has 2 N–H and O–H groups in total. The number of amides is 3. The Morgan fingerprint density at radius 1 is 0.963 bits per heavy atom. The van der Waals surface area contributed by atoms with E-state index in [2.05, 4.69) is 10.6 Å². The summed E-state index contributed by atoms with van der Waals surface area (Å²) in [7, 11) is 0. The maximum atomic E-state index is 12.6. The molecule has 6 nitrogen and oxygen atoms in total. The molecule has 146 valence electrons. The first kappa shape index (κ1) is 19.4. The Kier molecular flexibility index (Phi) is 6.85. The van der Waals surface area contributed by atoms with Gasteiger partial charge in [-0.15, -0.1) is 0 Å². The first-order chi connectivity index (χ1) is 13.1. The summed E-state index contributed by atoms with van der Waals surface area (Å²) in [6.07, 6.45) is 7.38. The van der Waals surface area contributed by atoms with Gasteiger partial charge in [0, 0.05) is 24.7 Å². The topological polar surface area (TPSA) is 78.5 Å². The molecule has 2 aliphatic rings. The Morgan fingerprint density at radius 2 is 1.70 bits per heavy atom. The van der Waals surface area contributed by atoms with Gasteiger partial charge in [-0.3, -0.25) is 14.4 Å². The summed E-state index contributed by atoms with van der Waals surface area (Å²) in [6.45, 7) is 1.05. The van der Waals surface area contributed by atoms with E-state index in [1.165, 1.54) is 19.3 Å². The number of rotatable bonds is 5. The Hall–Kier alpha value is -2.37. The third kappa shape index (κ3) is 5.55. The zero-order valence-corrected chi connectivity index (χ0v) is 15.8. The molecule has 0 bridgehead atoms. The van der Waals surface area contributed by atoms with E-state index >= 15 is 0 Å². The quantitative estimate of drug-likeness (QED) is 0.832. The van der Waals surface area contributed by atoms with Crippen LogP contribution >= 0.6 is 0 Å². The number of carbonyl (C=O) groups is 3. The predicted octanol–water partition coefficient (Wildman–Crippen LogP) is 2.10. The molecular formula is C21H29N3O3. The second-order valence-electron chi connectivity index (χ2n) is 7.57. The molecule has 1 aromatic carbocycles. The van der Waals surface area contributed by atoms with Crippen molar-refractivity contribution >= 4 is 17.7 Å². The highest BCUT2D eigenvalue weighted by Gasteiger charge is 2.29. The standard InChI is InChI=1S/C21H29N3O3/c25-19(14-22-20(26)16-8-3-1-4-9-16)24-13-7-10-17(15-24)21(27)23-18-11-5-2-6-12-18/h1,3-4,8-9,17-18H,2,5-7,10-15H2,(H,22,26)(H,23,27). The summed E-state index contributed by atoms with van der Waals surface area (Å²) in [4.78, 5) is 38.8. The molecule has 1 aromatic rings. The summed E-state index contributed by atoms with van der Waals surface area (Å²) < 4.78 is 0. The van der Waals surface area contributed by atoms with Crippen LogP contribution in [-0.4, -0.2) is 48.3 Å². The van der Waals surface area contributed by atoms with Crippen molar-refractivity contribution in [2.24, 2.45) is 5.92 Å². The van der Waals surface area contributed by atoms with Crippen molar-refractivity contribution in [3.8, 4) is 0 Å². The molecule has 1 aliphatic carbocycles. The molecule has 1 unspecified atom stereocenters. The van der Waals surface area contributed by atoms with Gasteiger partial charge in [0.25, 0.3) is 5.91 Å². The molecule has 0 spiro atoms. The lowest BCUT2D eigenvalue weighted by Crippen LogP contribution is -2.49. The monoisotopic (exact) mass is 371 g/mol. The van der Waals surface area contributed by atoms with Crippen LogP contribution in [0.4, 0.5) is 0 Å². The second kappa shape index (κ2) is 9.53. The van der Waals surface area contributed by atoms with Gasteiger partial charge in [0.1, 0.15) is 0 Å². The highest BCUT2D eigenvalue weighted by atomic mass is 16.2. The zero-order chi connectivity index (χ0) is 19.1. The van der Waals surface area contributed by atoms with Crippen LogP contribution in [0.25, 0.3) is 0 Å². The first-order valence-corrected chi connectivity index (χ1v) is 10.0. The molecule has 1 heterocycles. The average Bonchev–Trinajstić information content (AvgIpc) is 2.73. The van der Waals surface area contributed by atoms with Gasteiger partial charge < -0.3 is 15.5 Å². The van der Waals surface area contributed by atoms with Crippen LogP contribution in [0.1, 0.15) is 55.3 Å². The Balaban J connectivity index is 1.46. The van der Waals surface area contributed by atoms with Gasteiger partial charge in [-0.2, -0.15) is 0 Å². The fourth-order valence-corrected chi connectivity index (χ4v) is 3.94. The second-order valence-corrected chi connectivity index (χ2v) is 7.57. The Labute approximate surface area is 160 Å². The fraction of sp³-hybridized carbons (Fsp3) is 0.571. The smallest absolute Gasteiger partial charge is 0.251 e. The molecule has 1 saturated carbocycles. The van der Waals surface area contributed by atoms with E-state index < -0.39 is 0 Å². The maximum Gasteiger partial charge on any atom is 0.251 e. The van der Waals surface area contributed by atoms with E-state index in [-0.39, 0.29) is 30.2 Å². The van der Waals surface area contributed by atoms with Gasteiger partial charge in [-0.05, 0) is 37.8 Å². The summed E-state index contributed by atoms with van der Waals surface area (Å²) in [5.41, 5.74) is 0.536. The molecule has 6 heteroatoms. The molecule has 1 atom stereocenters. The first-order valence-electron chi connectivity index (χ1n) is 10.0. The Morgan fingerprint density at radius 3 is 2.44 bits per heavy atom. The van der Waals surface area contributed by atoms with Crippen LogP contribution in [-0.2, 0) is 9.59 Å². The van der Waals surface area contributed by atoms with Crippen molar-refractivity contribution in [3.63, 3.8) is 0 Å². The fourth-order valence-electron chi connectivity index (χ4n) is 3.94. The summed E-state index contributed by atoms with van der Waals surface area (Å²) in [6, 6.07) is 9.14. The van der Waals surface area contributed by atoms with E-state index in [0.29, 0.717) is 24.7 Å². The summed E-state index contributed by atoms with van der Waals surface area (Å²) >= 11 is 0. The van der Waals surface area contributed by atoms with Crippen LogP contribution in [0.2, 0.25) is 0 Å². The predicted molar refractivity (Wildman–Crippen MR) is 103 cm³/mol. The van der Waals surface area contributed by atoms with Crippen LogP contribution in [0, 0.1) is 5.92 Å². The van der Waals surface area contributed by atoms with Crippen molar-refractivity contribution in [1.29, 1.82) is 0 Å². The van der Waals surface area contributed by atoms with Gasteiger partial charge in [-0.1, -0.05) is 37.5 Å². The highest BCUT2D eigenvalue weighted by molar-refractivity contribution is 5.96. The molecule has 1 aliphatic heterocycles. The lowest BCUT2D eigenvalue weighted by atomic mass is 9.93. The molecular weight excluding hydrogens is 342 g/mol. The minimum Gasteiger partial charge on any atom is -0.353 e. The molecule has 1 saturated heterocycles. The number of nitrogens with one attached hydrogen (secondary N) is 2. The molecule has 3 rings (SSSR count). The van der Waals surface area contributed by atoms with E-state index in [0.717, 1.165) is 25.7 Å². The number of hydrogen-bond acceptors (Lipinski definition) is 3. The zero-order valence-electron chi connectivity index (χ0n) is 15.8. The number of piperidine rings is 1. The van der Waals surface area contributed by atoms with Gasteiger partial charge in [0.15, 0.2) is 0 Å². The summed E-state index contributed by atoms with van der Waals surface area (Å²) in [5, 5.41) is 5.85. The SMILES string of the molecule is O=C(NCC(=O)N1CCCC(C(=O)NC2CCCCC2)C1)c1ccccc1. The Bertz CT molecular complexity index is 656. The normalized spacial score (nSPS) is 20.7. The van der Waals surface area contributed by atoms with E-state index in [9.17, 15) is 14.4 Å². The van der Waals surface area contributed by atoms with Crippen molar-refractivity contribution in [2.45, 2.75) is 51.0 Å². The van der Waals surface area contributed by atoms with Gasteiger partial charge in [-0.25, -0.2) is 0 Å².